The Hall–Kier alpha value is -7.72. The van der Waals surface area contributed by atoms with Crippen molar-refractivity contribution in [1.29, 1.82) is 0 Å². The molecule has 2 aromatic carbocycles. The molecule has 4 aliphatic rings. The van der Waals surface area contributed by atoms with E-state index in [0.29, 0.717) is 34.7 Å². The molecular formula is C72H106N14O20S10. The summed E-state index contributed by atoms with van der Waals surface area (Å²) < 4.78 is 10.6. The lowest BCUT2D eigenvalue weighted by Gasteiger charge is -2.35. The number of thioether (sulfide) groups is 6. The van der Waals surface area contributed by atoms with Gasteiger partial charge in [0, 0.05) is 131 Å². The van der Waals surface area contributed by atoms with Crippen LogP contribution in [-0.2, 0) is 99.4 Å². The minimum atomic E-state index is -1.42. The molecule has 644 valence electrons. The first-order valence-electron chi connectivity index (χ1n) is 35.6. The Kier molecular flexibility index (Phi) is 42.3. The number of nitrogens with one attached hydrogen (secondary N) is 6. The Labute approximate surface area is 720 Å². The Morgan fingerprint density at radius 1 is 0.414 bits per heavy atom. The molecule has 4 fully saturated rings. The number of rotatable bonds is 10. The molecule has 4 heterocycles. The number of hydrogen-bond donors (Lipinski definition) is 6. The van der Waals surface area contributed by atoms with Gasteiger partial charge in [0.2, 0.25) is 79.5 Å². The topological polar surface area (TPSA) is 424 Å². The van der Waals surface area contributed by atoms with Gasteiger partial charge in [-0.3, -0.25) is 76.7 Å². The van der Waals surface area contributed by atoms with E-state index in [-0.39, 0.29) is 93.0 Å². The Morgan fingerprint density at radius 2 is 0.698 bits per heavy atom. The molecule has 14 amide bonds. The van der Waals surface area contributed by atoms with Crippen LogP contribution in [0.4, 0.5) is 9.59 Å². The van der Waals surface area contributed by atoms with E-state index in [1.54, 1.807) is 87.0 Å². The van der Waals surface area contributed by atoms with Crippen LogP contribution in [0.3, 0.4) is 0 Å². The predicted molar refractivity (Wildman–Crippen MR) is 466 cm³/mol. The van der Waals surface area contributed by atoms with E-state index in [0.717, 1.165) is 75.5 Å². The van der Waals surface area contributed by atoms with E-state index in [1.807, 2.05) is 0 Å². The number of carbonyl (C=O) groups is 18. The fourth-order valence-corrected chi connectivity index (χ4v) is 20.8. The smallest absolute Gasteiger partial charge is 0.408 e. The third kappa shape index (κ3) is 30.0. The highest BCUT2D eigenvalue weighted by atomic mass is 33.1. The van der Waals surface area contributed by atoms with Crippen molar-refractivity contribution < 1.29 is 101 Å². The van der Waals surface area contributed by atoms with Gasteiger partial charge in [-0.1, -0.05) is 178 Å². The summed E-state index contributed by atoms with van der Waals surface area (Å²) in [7, 11) is 15.6. The van der Waals surface area contributed by atoms with Crippen LogP contribution in [0.25, 0.3) is 0 Å². The van der Waals surface area contributed by atoms with Crippen molar-refractivity contribution in [1.82, 2.24) is 71.1 Å². The minimum Gasteiger partial charge on any atom is -0.445 e. The second kappa shape index (κ2) is 49.6. The molecule has 10 atom stereocenters. The lowest BCUT2D eigenvalue weighted by molar-refractivity contribution is -0.145. The number of hydrogen-bond acceptors (Lipinski definition) is 30. The van der Waals surface area contributed by atoms with E-state index in [4.69, 9.17) is 9.47 Å². The molecule has 4 aliphatic heterocycles. The molecule has 6 N–H and O–H groups in total. The minimum absolute atomic E-state index is 0. The SMILES string of the molecule is C=C1C(=O)SC[C@@H](NC(=O)OCc2ccccc2)C(=O)NCC(=O)N(C)[C@H]2CSSC[C@@H](C(=O)N1C)N(C)C(=O)CNC(=O)[C@H](C)CSC(=O)C(=C)N(C)C2=O.CSC[C@H]1C(=O)SC[C@@H](NC(=O)OCc2ccccc2)C(=O)NCC(=O)N(C)[C@H]2CSSC[C@@H](C(=O)N1C)N(C)C(=O)CNC(=O)[C@H](C)CSC(=O)[C@H](CSC)N(C)C2=O.[2HH].[2HH].[2HH].[2HH]. The lowest BCUT2D eigenvalue weighted by Crippen LogP contribution is -2.57. The van der Waals surface area contributed by atoms with Crippen LogP contribution in [0.15, 0.2) is 85.2 Å². The van der Waals surface area contributed by atoms with Gasteiger partial charge in [-0.05, 0) is 23.6 Å². The van der Waals surface area contributed by atoms with Gasteiger partial charge in [0.1, 0.15) is 61.5 Å². The first kappa shape index (κ1) is 98.9. The second-order valence-electron chi connectivity index (χ2n) is 26.4. The van der Waals surface area contributed by atoms with E-state index in [9.17, 15) is 86.3 Å². The molecule has 0 aromatic heterocycles. The molecule has 4 saturated heterocycles. The molecular weight excluding hydrogens is 1700 g/mol. The Morgan fingerprint density at radius 3 is 1.03 bits per heavy atom. The van der Waals surface area contributed by atoms with Crippen molar-refractivity contribution in [2.45, 2.75) is 75.4 Å². The number of ether oxygens (including phenoxy) is 2. The maximum atomic E-state index is 14.4. The molecule has 0 aliphatic carbocycles. The van der Waals surface area contributed by atoms with Crippen molar-refractivity contribution in [3.8, 4) is 0 Å². The first-order valence-corrected chi connectivity index (χ1v) is 47.3. The fraction of sp³-hybridized carbons (Fsp3) is 0.528. The summed E-state index contributed by atoms with van der Waals surface area (Å²) in [6.07, 6.45) is 1.59. The molecule has 4 bridgehead atoms. The third-order valence-electron chi connectivity index (χ3n) is 18.3. The number of alkyl carbamates (subject to hydrolysis) is 2. The van der Waals surface area contributed by atoms with E-state index in [2.05, 4.69) is 45.1 Å². The number of amides is 14. The molecule has 6 rings (SSSR count). The molecule has 0 spiro atoms. The molecule has 2 aromatic rings. The largest absolute Gasteiger partial charge is 0.445 e. The summed E-state index contributed by atoms with van der Waals surface area (Å²) in [5.41, 5.74) is 0.871. The van der Waals surface area contributed by atoms with Crippen molar-refractivity contribution in [2.75, 3.05) is 153 Å². The summed E-state index contributed by atoms with van der Waals surface area (Å²) in [6.45, 7) is 8.35. The summed E-state index contributed by atoms with van der Waals surface area (Å²) >= 11 is 5.55. The van der Waals surface area contributed by atoms with Crippen LogP contribution in [0, 0.1) is 11.8 Å². The summed E-state index contributed by atoms with van der Waals surface area (Å²) in [5, 5.41) is 12.8. The fourth-order valence-electron chi connectivity index (χ4n) is 10.5. The van der Waals surface area contributed by atoms with Gasteiger partial charge in [-0.15, -0.1) is 0 Å². The number of fused-ring (bicyclic) bond motifs is 10. The molecule has 0 unspecified atom stereocenters. The molecule has 116 heavy (non-hydrogen) atoms. The molecule has 0 saturated carbocycles. The third-order valence-corrected chi connectivity index (χ3v) is 28.8. The average Bonchev–Trinajstić information content (AvgIpc) is 0.835. The van der Waals surface area contributed by atoms with Crippen molar-refractivity contribution in [3.63, 3.8) is 0 Å². The number of benzene rings is 2. The normalized spacial score (nSPS) is 24.9. The average molecular weight is 1810 g/mol. The van der Waals surface area contributed by atoms with Gasteiger partial charge in [0.15, 0.2) is 0 Å². The van der Waals surface area contributed by atoms with Gasteiger partial charge in [-0.25, -0.2) is 9.59 Å². The maximum absolute atomic E-state index is 14.4. The highest BCUT2D eigenvalue weighted by Crippen LogP contribution is 2.32. The zero-order valence-corrected chi connectivity index (χ0v) is 74.3. The summed E-state index contributed by atoms with van der Waals surface area (Å²) in [4.78, 5) is 252. The summed E-state index contributed by atoms with van der Waals surface area (Å²) in [5.74, 6) is -9.61. The molecule has 34 nitrogen and oxygen atoms in total. The van der Waals surface area contributed by atoms with Crippen LogP contribution in [0.1, 0.15) is 30.7 Å². The van der Waals surface area contributed by atoms with E-state index in [1.165, 1.54) is 110 Å². The van der Waals surface area contributed by atoms with Crippen molar-refractivity contribution >= 4 is 217 Å². The standard InChI is InChI=1S/C37H53N7O10S6.C35H45N7O10S4.4H2/c1-22-16-57-35(51)27(18-55-6)43(4)33(49)26-21-60-59-20-25(41(2)29(45)13-38-31(22)47)34(50)44(5)28(19-56-7)36(52)58-17-24(32(48)39-14-30(46)42(26)3)40-37(53)54-15-23-11-9-8-10-12-23;1-20-16-53-33(49)21(2)39(4)31(47)26-19-56-55-18-25(41(6)27(43)13-36-29(20)45)32(48)40(5)22(3)34(50)54-17-24(30(46)37-14-28(44)42(26)7)38-35(51)52-15-23-11-9-8-10-12-23;;;;/h8-12,22,24-28H,13-21H2,1-7H3,(H,38,47)(H,39,48)(H,40,53);8-12,20,24-26H,2-3,13-19H2,1,4-7H3,(H,36,45)(H,37,46)(H,38,51);4*1H/t22-,24-,25+,26+,27+,28+;20-,24-,25+,26+;;;;/m11..../s1/i;;4*1+1. The number of likely N-dealkylation sites (N-methyl/N-ethyl adjacent to an activating group) is 8. The highest BCUT2D eigenvalue weighted by molar-refractivity contribution is 8.77. The van der Waals surface area contributed by atoms with Gasteiger partial charge < -0.3 is 80.6 Å². The Bertz CT molecular complexity index is 3960. The van der Waals surface area contributed by atoms with Crippen LogP contribution in [0.5, 0.6) is 0 Å². The van der Waals surface area contributed by atoms with Crippen LogP contribution in [0.2, 0.25) is 0 Å². The monoisotopic (exact) mass is 1810 g/mol. The van der Waals surface area contributed by atoms with Crippen molar-refractivity contribution in [3.05, 3.63) is 96.3 Å². The highest BCUT2D eigenvalue weighted by Gasteiger charge is 2.42. The first-order chi connectivity index (χ1) is 54.9. The quantitative estimate of drug-likeness (QED) is 0.147. The van der Waals surface area contributed by atoms with Crippen LogP contribution in [-0.4, -0.2) is 344 Å². The predicted octanol–water partition coefficient (Wildman–Crippen LogP) is 2.77. The molecule has 44 heteroatoms. The van der Waals surface area contributed by atoms with Crippen molar-refractivity contribution in [2.24, 2.45) is 11.8 Å². The number of carbonyl (C=O) groups excluding carboxylic acids is 18. The second-order valence-corrected chi connectivity index (χ2v) is 37.4. The lowest BCUT2D eigenvalue weighted by atomic mass is 10.2. The number of nitrogens with zero attached hydrogens (tertiary/aromatic N) is 8. The van der Waals surface area contributed by atoms with Gasteiger partial charge in [-0.2, -0.15) is 23.5 Å². The maximum Gasteiger partial charge on any atom is 0.408 e. The summed E-state index contributed by atoms with van der Waals surface area (Å²) in [6, 6.07) is 8.12. The zero-order chi connectivity index (χ0) is 86.2. The molecule has 0 radical (unpaired) electrons. The van der Waals surface area contributed by atoms with E-state index >= 15 is 0 Å². The van der Waals surface area contributed by atoms with Gasteiger partial charge in [0.05, 0.1) is 37.6 Å². The van der Waals surface area contributed by atoms with Gasteiger partial charge >= 0.3 is 12.2 Å². The van der Waals surface area contributed by atoms with Crippen LogP contribution >= 0.6 is 114 Å². The zero-order valence-electron chi connectivity index (χ0n) is 66.1. The van der Waals surface area contributed by atoms with Gasteiger partial charge in [0.25, 0.3) is 11.8 Å². The van der Waals surface area contributed by atoms with E-state index < -0.39 is 185 Å². The van der Waals surface area contributed by atoms with Crippen LogP contribution < -0.4 is 31.9 Å². The Balaban J connectivity index is 0.00000116.